The van der Waals surface area contributed by atoms with Crippen LogP contribution < -0.4 is 10.1 Å². The van der Waals surface area contributed by atoms with Gasteiger partial charge in [0.1, 0.15) is 5.75 Å². The molecule has 2 aromatic carbocycles. The summed E-state index contributed by atoms with van der Waals surface area (Å²) < 4.78 is 12.7. The number of thioether (sulfide) groups is 1. The average Bonchev–Trinajstić information content (AvgIpc) is 3.24. The summed E-state index contributed by atoms with van der Waals surface area (Å²) in [6, 6.07) is 15.6. The van der Waals surface area contributed by atoms with Gasteiger partial charge in [-0.15, -0.1) is 10.2 Å². The Morgan fingerprint density at radius 2 is 1.97 bits per heavy atom. The predicted octanol–water partition coefficient (Wildman–Crippen LogP) is 4.42. The van der Waals surface area contributed by atoms with Gasteiger partial charge < -0.3 is 14.8 Å². The van der Waals surface area contributed by atoms with Gasteiger partial charge in [-0.3, -0.25) is 9.36 Å². The first-order valence-corrected chi connectivity index (χ1v) is 11.6. The fourth-order valence-electron chi connectivity index (χ4n) is 3.17. The van der Waals surface area contributed by atoms with E-state index in [2.05, 4.69) is 22.4 Å². The average molecular weight is 455 g/mol. The highest BCUT2D eigenvalue weighted by molar-refractivity contribution is 7.98. The lowest BCUT2D eigenvalue weighted by atomic mass is 10.1. The van der Waals surface area contributed by atoms with Crippen LogP contribution in [0.5, 0.6) is 5.75 Å². The fraction of sp³-hybridized carbons (Fsp3) is 0.375. The van der Waals surface area contributed by atoms with Crippen molar-refractivity contribution in [2.45, 2.75) is 43.8 Å². The highest BCUT2D eigenvalue weighted by Crippen LogP contribution is 2.29. The number of methoxy groups -OCH3 is 2. The first-order valence-electron chi connectivity index (χ1n) is 10.7. The van der Waals surface area contributed by atoms with Gasteiger partial charge in [0.15, 0.2) is 11.0 Å². The quantitative estimate of drug-likeness (QED) is 0.432. The number of aromatic nitrogens is 3. The van der Waals surface area contributed by atoms with E-state index in [-0.39, 0.29) is 11.9 Å². The molecule has 0 radical (unpaired) electrons. The Kier molecular flexibility index (Phi) is 8.70. The third-order valence-corrected chi connectivity index (χ3v) is 6.19. The Bertz CT molecular complexity index is 1040. The molecule has 1 aromatic heterocycles. The number of nitrogens with zero attached hydrogens (tertiary/aromatic N) is 3. The molecule has 1 atom stereocenters. The van der Waals surface area contributed by atoms with E-state index in [9.17, 15) is 4.79 Å². The van der Waals surface area contributed by atoms with Crippen molar-refractivity contribution in [3.05, 3.63) is 59.7 Å². The van der Waals surface area contributed by atoms with Crippen molar-refractivity contribution < 1.29 is 14.3 Å². The molecular formula is C24H30N4O3S. The largest absolute Gasteiger partial charge is 0.497 e. The molecule has 1 heterocycles. The lowest BCUT2D eigenvalue weighted by Gasteiger charge is -2.14. The summed E-state index contributed by atoms with van der Waals surface area (Å²) in [4.78, 5) is 12.7. The van der Waals surface area contributed by atoms with Gasteiger partial charge in [0, 0.05) is 30.0 Å². The summed E-state index contributed by atoms with van der Waals surface area (Å²) in [7, 11) is 3.32. The van der Waals surface area contributed by atoms with Gasteiger partial charge >= 0.3 is 0 Å². The Labute approximate surface area is 193 Å². The first-order chi connectivity index (χ1) is 15.6. The highest BCUT2D eigenvalue weighted by atomic mass is 32.2. The number of hydrogen-bond acceptors (Lipinski definition) is 6. The maximum absolute atomic E-state index is 12.7. The molecule has 0 aliphatic carbocycles. The van der Waals surface area contributed by atoms with Crippen LogP contribution in [0.3, 0.4) is 0 Å². The normalized spacial score (nSPS) is 11.9. The van der Waals surface area contributed by atoms with Crippen LogP contribution in [0.15, 0.2) is 53.7 Å². The zero-order valence-electron chi connectivity index (χ0n) is 19.0. The minimum atomic E-state index is -0.0477. The zero-order chi connectivity index (χ0) is 22.9. The Balaban J connectivity index is 1.84. The van der Waals surface area contributed by atoms with Crippen molar-refractivity contribution in [3.8, 4) is 17.1 Å². The molecule has 1 N–H and O–H groups in total. The molecule has 0 aliphatic rings. The van der Waals surface area contributed by atoms with Gasteiger partial charge in [-0.05, 0) is 37.1 Å². The molecular weight excluding hydrogens is 424 g/mol. The lowest BCUT2D eigenvalue weighted by Crippen LogP contribution is -2.32. The van der Waals surface area contributed by atoms with Crippen LogP contribution in [-0.2, 0) is 17.0 Å². The lowest BCUT2D eigenvalue weighted by molar-refractivity contribution is 0.0938. The van der Waals surface area contributed by atoms with Gasteiger partial charge in [-0.25, -0.2) is 0 Å². The number of benzene rings is 2. The SMILES string of the molecule is CC[C@@H](C)NC(=O)c1ccccc1CSc1nnc(-c2cccc(OC)c2)n1CCOC. The molecule has 1 amide bonds. The Morgan fingerprint density at radius 3 is 2.72 bits per heavy atom. The molecule has 170 valence electrons. The van der Waals surface area contributed by atoms with E-state index in [1.54, 1.807) is 26.0 Å². The molecule has 0 aliphatic heterocycles. The molecule has 8 heteroatoms. The molecule has 0 spiro atoms. The second-order valence-electron chi connectivity index (χ2n) is 7.41. The van der Waals surface area contributed by atoms with E-state index >= 15 is 0 Å². The highest BCUT2D eigenvalue weighted by Gasteiger charge is 2.17. The number of hydrogen-bond donors (Lipinski definition) is 1. The van der Waals surface area contributed by atoms with E-state index < -0.39 is 0 Å². The summed E-state index contributed by atoms with van der Waals surface area (Å²) in [5.41, 5.74) is 2.58. The summed E-state index contributed by atoms with van der Waals surface area (Å²) in [6.07, 6.45) is 0.887. The third-order valence-electron chi connectivity index (χ3n) is 5.17. The van der Waals surface area contributed by atoms with Crippen LogP contribution in [0.2, 0.25) is 0 Å². The van der Waals surface area contributed by atoms with E-state index in [0.29, 0.717) is 24.5 Å². The standard InChI is InChI=1S/C24H30N4O3S/c1-5-17(2)25-23(29)21-12-7-6-9-19(21)16-32-24-27-26-22(28(24)13-14-30-3)18-10-8-11-20(15-18)31-4/h6-12,15,17H,5,13-14,16H2,1-4H3,(H,25,29)/t17-/m1/s1. The summed E-state index contributed by atoms with van der Waals surface area (Å²) in [5, 5.41) is 12.7. The minimum absolute atomic E-state index is 0.0477. The predicted molar refractivity (Wildman–Crippen MR) is 127 cm³/mol. The van der Waals surface area contributed by atoms with E-state index in [1.807, 2.05) is 60.0 Å². The maximum Gasteiger partial charge on any atom is 0.251 e. The second kappa shape index (κ2) is 11.7. The van der Waals surface area contributed by atoms with Gasteiger partial charge in [-0.1, -0.05) is 49.0 Å². The molecule has 0 unspecified atom stereocenters. The molecule has 3 aromatic rings. The van der Waals surface area contributed by atoms with Gasteiger partial charge in [0.05, 0.1) is 20.3 Å². The van der Waals surface area contributed by atoms with Crippen molar-refractivity contribution in [3.63, 3.8) is 0 Å². The second-order valence-corrected chi connectivity index (χ2v) is 8.35. The third kappa shape index (κ3) is 5.89. The maximum atomic E-state index is 12.7. The molecule has 32 heavy (non-hydrogen) atoms. The number of rotatable bonds is 11. The van der Waals surface area contributed by atoms with Crippen molar-refractivity contribution in [1.29, 1.82) is 0 Å². The number of amides is 1. The van der Waals surface area contributed by atoms with Crippen LogP contribution in [0.4, 0.5) is 0 Å². The number of ether oxygens (including phenoxy) is 2. The zero-order valence-corrected chi connectivity index (χ0v) is 19.8. The Morgan fingerprint density at radius 1 is 1.16 bits per heavy atom. The van der Waals surface area contributed by atoms with Crippen molar-refractivity contribution in [2.75, 3.05) is 20.8 Å². The van der Waals surface area contributed by atoms with Crippen LogP contribution in [-0.4, -0.2) is 47.5 Å². The number of carbonyl (C=O) groups is 1. The molecule has 0 saturated carbocycles. The van der Waals surface area contributed by atoms with Crippen molar-refractivity contribution in [2.24, 2.45) is 0 Å². The van der Waals surface area contributed by atoms with E-state index in [0.717, 1.165) is 34.3 Å². The summed E-state index contributed by atoms with van der Waals surface area (Å²) in [6.45, 7) is 5.22. The van der Waals surface area contributed by atoms with Crippen molar-refractivity contribution in [1.82, 2.24) is 20.1 Å². The molecule has 3 rings (SSSR count). The Hall–Kier alpha value is -2.84. The first kappa shape index (κ1) is 23.8. The molecule has 0 saturated heterocycles. The van der Waals surface area contributed by atoms with Crippen LogP contribution in [0.25, 0.3) is 11.4 Å². The summed E-state index contributed by atoms with van der Waals surface area (Å²) >= 11 is 1.55. The smallest absolute Gasteiger partial charge is 0.251 e. The van der Waals surface area contributed by atoms with E-state index in [4.69, 9.17) is 9.47 Å². The molecule has 7 nitrogen and oxygen atoms in total. The molecule has 0 bridgehead atoms. The van der Waals surface area contributed by atoms with Crippen LogP contribution >= 0.6 is 11.8 Å². The van der Waals surface area contributed by atoms with Gasteiger partial charge in [-0.2, -0.15) is 0 Å². The number of carbonyl (C=O) groups excluding carboxylic acids is 1. The van der Waals surface area contributed by atoms with Crippen molar-refractivity contribution >= 4 is 17.7 Å². The van der Waals surface area contributed by atoms with Gasteiger partial charge in [0.25, 0.3) is 5.91 Å². The minimum Gasteiger partial charge on any atom is -0.497 e. The molecule has 0 fully saturated rings. The van der Waals surface area contributed by atoms with E-state index in [1.165, 1.54) is 0 Å². The van der Waals surface area contributed by atoms with Gasteiger partial charge in [0.2, 0.25) is 0 Å². The topological polar surface area (TPSA) is 78.3 Å². The fourth-order valence-corrected chi connectivity index (χ4v) is 4.14. The summed E-state index contributed by atoms with van der Waals surface area (Å²) in [5.74, 6) is 2.08. The monoisotopic (exact) mass is 454 g/mol. The van der Waals surface area contributed by atoms with Crippen LogP contribution in [0.1, 0.15) is 36.2 Å². The number of nitrogens with one attached hydrogen (secondary N) is 1. The van der Waals surface area contributed by atoms with Crippen LogP contribution in [0, 0.1) is 0 Å².